The number of anilines is 1. The molecule has 0 radical (unpaired) electrons. The van der Waals surface area contributed by atoms with Crippen molar-refractivity contribution in [1.29, 1.82) is 0 Å². The summed E-state index contributed by atoms with van der Waals surface area (Å²) < 4.78 is 26.3. The Kier molecular flexibility index (Phi) is 2.59. The minimum absolute atomic E-state index is 0.284. The number of aryl methyl sites for hydroxylation is 1. The zero-order valence-corrected chi connectivity index (χ0v) is 8.97. The fraction of sp³-hybridized carbons (Fsp3) is 0.750. The predicted molar refractivity (Wildman–Crippen MR) is 52.4 cm³/mol. The van der Waals surface area contributed by atoms with Gasteiger partial charge in [0.15, 0.2) is 0 Å². The summed E-state index contributed by atoms with van der Waals surface area (Å²) >= 11 is 1.26. The lowest BCUT2D eigenvalue weighted by Crippen LogP contribution is -2.32. The van der Waals surface area contributed by atoms with Gasteiger partial charge in [-0.1, -0.05) is 11.3 Å². The Morgan fingerprint density at radius 3 is 2.87 bits per heavy atom. The average molecular weight is 235 g/mol. The van der Waals surface area contributed by atoms with Crippen LogP contribution in [0.4, 0.5) is 13.9 Å². The van der Waals surface area contributed by atoms with Crippen LogP contribution < -0.4 is 4.90 Å². The van der Waals surface area contributed by atoms with E-state index < -0.39 is 12.0 Å². The van der Waals surface area contributed by atoms with Gasteiger partial charge in [0.2, 0.25) is 5.13 Å². The van der Waals surface area contributed by atoms with E-state index in [2.05, 4.69) is 10.2 Å². The number of alkyl halides is 2. The van der Waals surface area contributed by atoms with Crippen molar-refractivity contribution in [2.24, 2.45) is 0 Å². The molecule has 0 aromatic carbocycles. The van der Waals surface area contributed by atoms with Crippen LogP contribution in [-0.2, 0) is 0 Å². The van der Waals surface area contributed by atoms with Gasteiger partial charge in [0, 0.05) is 6.42 Å². The number of rotatable bonds is 2. The Morgan fingerprint density at radius 1 is 1.60 bits per heavy atom. The maximum Gasteiger partial charge on any atom is 0.267 e. The second-order valence-electron chi connectivity index (χ2n) is 3.63. The van der Waals surface area contributed by atoms with Crippen molar-refractivity contribution in [3.8, 4) is 0 Å². The minimum Gasteiger partial charge on any atom is -0.394 e. The van der Waals surface area contributed by atoms with Crippen molar-refractivity contribution in [3.63, 3.8) is 0 Å². The third-order valence-corrected chi connectivity index (χ3v) is 3.22. The smallest absolute Gasteiger partial charge is 0.267 e. The summed E-state index contributed by atoms with van der Waals surface area (Å²) in [7, 11) is 0. The van der Waals surface area contributed by atoms with Gasteiger partial charge < -0.3 is 10.0 Å². The number of aromatic nitrogens is 2. The molecule has 2 heterocycles. The van der Waals surface area contributed by atoms with Crippen molar-refractivity contribution in [3.05, 3.63) is 5.01 Å². The molecule has 1 aliphatic rings. The van der Waals surface area contributed by atoms with E-state index in [1.165, 1.54) is 16.2 Å². The van der Waals surface area contributed by atoms with Crippen molar-refractivity contribution in [2.45, 2.75) is 25.3 Å². The molecule has 1 fully saturated rings. The summed E-state index contributed by atoms with van der Waals surface area (Å²) in [4.78, 5) is 1.44. The molecule has 7 heteroatoms. The SMILES string of the molecule is Cc1nnc(N2CC(F)(F)CC2CO)s1. The van der Waals surface area contributed by atoms with Gasteiger partial charge in [-0.3, -0.25) is 0 Å². The van der Waals surface area contributed by atoms with Crippen LogP contribution in [0.2, 0.25) is 0 Å². The Morgan fingerprint density at radius 2 is 2.33 bits per heavy atom. The van der Waals surface area contributed by atoms with Crippen molar-refractivity contribution in [1.82, 2.24) is 10.2 Å². The van der Waals surface area contributed by atoms with Crippen LogP contribution in [0.15, 0.2) is 0 Å². The molecule has 15 heavy (non-hydrogen) atoms. The molecule has 0 aliphatic carbocycles. The molecular weight excluding hydrogens is 224 g/mol. The second kappa shape index (κ2) is 3.64. The van der Waals surface area contributed by atoms with E-state index in [-0.39, 0.29) is 19.6 Å². The maximum absolute atomic E-state index is 13.1. The fourth-order valence-corrected chi connectivity index (χ4v) is 2.45. The molecule has 84 valence electrons. The zero-order chi connectivity index (χ0) is 11.1. The number of aliphatic hydroxyl groups excluding tert-OH is 1. The number of aliphatic hydroxyl groups is 1. The third-order valence-electron chi connectivity index (χ3n) is 2.35. The Balaban J connectivity index is 2.21. The first-order valence-electron chi connectivity index (χ1n) is 4.57. The quantitative estimate of drug-likeness (QED) is 0.832. The highest BCUT2D eigenvalue weighted by Gasteiger charge is 2.45. The molecule has 2 rings (SSSR count). The van der Waals surface area contributed by atoms with Gasteiger partial charge in [-0.25, -0.2) is 8.78 Å². The summed E-state index contributed by atoms with van der Waals surface area (Å²) in [6.07, 6.45) is -0.317. The molecule has 0 amide bonds. The fourth-order valence-electron chi connectivity index (χ4n) is 1.69. The molecule has 1 aromatic heterocycles. The molecule has 1 atom stereocenters. The first kappa shape index (κ1) is 10.7. The monoisotopic (exact) mass is 235 g/mol. The van der Waals surface area contributed by atoms with Crippen LogP contribution in [0.5, 0.6) is 0 Å². The molecule has 1 saturated heterocycles. The predicted octanol–water partition coefficient (Wildman–Crippen LogP) is 1.05. The number of nitrogens with zero attached hydrogens (tertiary/aromatic N) is 3. The second-order valence-corrected chi connectivity index (χ2v) is 4.79. The molecular formula is C8H11F2N3OS. The number of hydrogen-bond donors (Lipinski definition) is 1. The van der Waals surface area contributed by atoms with Crippen LogP contribution in [0, 0.1) is 6.92 Å². The standard InChI is InChI=1S/C8H11F2N3OS/c1-5-11-12-7(15-5)13-4-8(9,10)2-6(13)3-14/h6,14H,2-4H2,1H3. The van der Waals surface area contributed by atoms with Crippen LogP contribution in [0.1, 0.15) is 11.4 Å². The summed E-state index contributed by atoms with van der Waals surface area (Å²) in [6.45, 7) is 1.10. The van der Waals surface area contributed by atoms with Crippen LogP contribution in [-0.4, -0.2) is 40.4 Å². The van der Waals surface area contributed by atoms with Crippen molar-refractivity contribution < 1.29 is 13.9 Å². The maximum atomic E-state index is 13.1. The van der Waals surface area contributed by atoms with Gasteiger partial charge >= 0.3 is 0 Å². The highest BCUT2D eigenvalue weighted by molar-refractivity contribution is 7.15. The molecule has 4 nitrogen and oxygen atoms in total. The Bertz CT molecular complexity index is 357. The van der Waals surface area contributed by atoms with Gasteiger partial charge in [0.05, 0.1) is 19.2 Å². The van der Waals surface area contributed by atoms with Crippen LogP contribution in [0.3, 0.4) is 0 Å². The highest BCUT2D eigenvalue weighted by Crippen LogP contribution is 2.36. The summed E-state index contributed by atoms with van der Waals surface area (Å²) in [5, 5.41) is 17.8. The van der Waals surface area contributed by atoms with Gasteiger partial charge in [-0.2, -0.15) is 0 Å². The molecule has 0 bridgehead atoms. The highest BCUT2D eigenvalue weighted by atomic mass is 32.1. The van der Waals surface area contributed by atoms with E-state index in [0.29, 0.717) is 5.13 Å². The van der Waals surface area contributed by atoms with E-state index in [0.717, 1.165) is 5.01 Å². The van der Waals surface area contributed by atoms with E-state index in [4.69, 9.17) is 5.11 Å². The lowest BCUT2D eigenvalue weighted by Gasteiger charge is -2.20. The van der Waals surface area contributed by atoms with Crippen molar-refractivity contribution in [2.75, 3.05) is 18.1 Å². The van der Waals surface area contributed by atoms with Gasteiger partial charge in [0.25, 0.3) is 5.92 Å². The van der Waals surface area contributed by atoms with Crippen LogP contribution >= 0.6 is 11.3 Å². The Labute approximate surface area is 89.5 Å². The number of hydrogen-bond acceptors (Lipinski definition) is 5. The van der Waals surface area contributed by atoms with Gasteiger partial charge in [-0.15, -0.1) is 10.2 Å². The van der Waals surface area contributed by atoms with E-state index >= 15 is 0 Å². The van der Waals surface area contributed by atoms with E-state index in [9.17, 15) is 8.78 Å². The minimum atomic E-state index is -2.74. The molecule has 0 spiro atoms. The lowest BCUT2D eigenvalue weighted by atomic mass is 10.2. The topological polar surface area (TPSA) is 49.2 Å². The van der Waals surface area contributed by atoms with Crippen molar-refractivity contribution >= 4 is 16.5 Å². The number of halogens is 2. The van der Waals surface area contributed by atoms with E-state index in [1.807, 2.05) is 0 Å². The summed E-state index contributed by atoms with van der Waals surface area (Å²) in [5.74, 6) is -2.74. The summed E-state index contributed by atoms with van der Waals surface area (Å²) in [5.41, 5.74) is 0. The molecule has 1 aliphatic heterocycles. The lowest BCUT2D eigenvalue weighted by molar-refractivity contribution is 0.0201. The molecule has 1 unspecified atom stereocenters. The van der Waals surface area contributed by atoms with Crippen LogP contribution in [0.25, 0.3) is 0 Å². The largest absolute Gasteiger partial charge is 0.394 e. The first-order valence-corrected chi connectivity index (χ1v) is 5.39. The van der Waals surface area contributed by atoms with E-state index in [1.54, 1.807) is 6.92 Å². The average Bonchev–Trinajstić information content (AvgIpc) is 2.69. The normalized spacial score (nSPS) is 24.8. The Hall–Kier alpha value is -0.820. The first-order chi connectivity index (χ1) is 7.02. The molecule has 1 aromatic rings. The molecule has 0 saturated carbocycles. The third kappa shape index (κ3) is 2.07. The zero-order valence-electron chi connectivity index (χ0n) is 8.15. The molecule has 1 N–H and O–H groups in total. The van der Waals surface area contributed by atoms with Gasteiger partial charge in [0.1, 0.15) is 5.01 Å². The van der Waals surface area contributed by atoms with Gasteiger partial charge in [-0.05, 0) is 6.92 Å². The summed E-state index contributed by atoms with van der Waals surface area (Å²) in [6, 6.07) is -0.549.